The van der Waals surface area contributed by atoms with Crippen molar-refractivity contribution in [3.63, 3.8) is 0 Å². The smallest absolute Gasteiger partial charge is 0.199 e. The van der Waals surface area contributed by atoms with E-state index in [9.17, 15) is 4.79 Å². The van der Waals surface area contributed by atoms with Gasteiger partial charge in [0.05, 0.1) is 17.6 Å². The van der Waals surface area contributed by atoms with E-state index >= 15 is 0 Å². The number of hydrogen-bond donors (Lipinski definition) is 0. The normalized spacial score (nSPS) is 11.1. The second kappa shape index (κ2) is 6.31. The molecule has 0 bridgehead atoms. The van der Waals surface area contributed by atoms with E-state index in [-0.39, 0.29) is 5.43 Å². The fourth-order valence-electron chi connectivity index (χ4n) is 2.24. The molecule has 22 heavy (non-hydrogen) atoms. The van der Waals surface area contributed by atoms with Crippen LogP contribution in [0.3, 0.4) is 0 Å². The summed E-state index contributed by atoms with van der Waals surface area (Å²) in [4.78, 5) is 12.4. The maximum atomic E-state index is 12.4. The lowest BCUT2D eigenvalue weighted by molar-refractivity contribution is 0.340. The summed E-state index contributed by atoms with van der Waals surface area (Å²) in [6, 6.07) is 15.0. The van der Waals surface area contributed by atoms with Crippen molar-refractivity contribution < 1.29 is 9.15 Å². The van der Waals surface area contributed by atoms with E-state index in [1.54, 1.807) is 18.2 Å². The predicted molar refractivity (Wildman–Crippen MR) is 89.0 cm³/mol. The lowest BCUT2D eigenvalue weighted by Gasteiger charge is -2.02. The van der Waals surface area contributed by atoms with Crippen LogP contribution in [-0.2, 0) is 0 Å². The zero-order chi connectivity index (χ0) is 15.4. The van der Waals surface area contributed by atoms with E-state index in [2.05, 4.69) is 0 Å². The number of para-hydroxylation sites is 1. The van der Waals surface area contributed by atoms with Crippen LogP contribution >= 0.6 is 0 Å². The van der Waals surface area contributed by atoms with Gasteiger partial charge in [-0.2, -0.15) is 0 Å². The predicted octanol–water partition coefficient (Wildman–Crippen LogP) is 4.36. The molecule has 0 unspecified atom stereocenters. The van der Waals surface area contributed by atoms with Gasteiger partial charge in [-0.25, -0.2) is 0 Å². The fourth-order valence-corrected chi connectivity index (χ4v) is 2.24. The molecule has 0 radical (unpaired) electrons. The van der Waals surface area contributed by atoms with E-state index < -0.39 is 0 Å². The summed E-state index contributed by atoms with van der Waals surface area (Å²) in [6.07, 6.45) is 5.15. The zero-order valence-electron chi connectivity index (χ0n) is 12.3. The first-order valence-corrected chi connectivity index (χ1v) is 7.19. The summed E-state index contributed by atoms with van der Waals surface area (Å²) < 4.78 is 10.9. The highest BCUT2D eigenvalue weighted by Gasteiger charge is 2.03. The third-order valence-electron chi connectivity index (χ3n) is 3.35. The molecule has 3 nitrogen and oxygen atoms in total. The summed E-state index contributed by atoms with van der Waals surface area (Å²) in [5.74, 6) is 0.838. The Balaban J connectivity index is 1.89. The van der Waals surface area contributed by atoms with Crippen LogP contribution in [0.1, 0.15) is 18.1 Å². The van der Waals surface area contributed by atoms with E-state index in [1.807, 2.05) is 49.4 Å². The standard InChI is InChI=1S/C19H16O3/c1-2-21-16-11-8-14(9-12-16)7-10-15-13-22-18-6-4-3-5-17(18)19(15)20/h3-13H,2H2,1H3. The van der Waals surface area contributed by atoms with Crippen LogP contribution in [0.25, 0.3) is 23.1 Å². The van der Waals surface area contributed by atoms with Gasteiger partial charge in [-0.3, -0.25) is 4.79 Å². The highest BCUT2D eigenvalue weighted by atomic mass is 16.5. The third-order valence-corrected chi connectivity index (χ3v) is 3.35. The SMILES string of the molecule is CCOc1ccc(C=Cc2coc3ccccc3c2=O)cc1. The van der Waals surface area contributed by atoms with Gasteiger partial charge in [0.2, 0.25) is 0 Å². The molecule has 0 amide bonds. The van der Waals surface area contributed by atoms with Gasteiger partial charge in [-0.1, -0.05) is 30.3 Å². The average Bonchev–Trinajstić information content (AvgIpc) is 2.56. The van der Waals surface area contributed by atoms with Crippen molar-refractivity contribution >= 4 is 23.1 Å². The quantitative estimate of drug-likeness (QED) is 0.717. The summed E-state index contributed by atoms with van der Waals surface area (Å²) in [7, 11) is 0. The first kappa shape index (κ1) is 14.1. The van der Waals surface area contributed by atoms with Gasteiger partial charge in [0.1, 0.15) is 17.6 Å². The van der Waals surface area contributed by atoms with Crippen LogP contribution < -0.4 is 10.2 Å². The molecule has 1 heterocycles. The number of hydrogen-bond acceptors (Lipinski definition) is 3. The molecule has 3 aromatic rings. The third kappa shape index (κ3) is 2.93. The zero-order valence-corrected chi connectivity index (χ0v) is 12.3. The van der Waals surface area contributed by atoms with Gasteiger partial charge in [-0.05, 0) is 42.8 Å². The second-order valence-corrected chi connectivity index (χ2v) is 4.85. The summed E-state index contributed by atoms with van der Waals surface area (Å²) in [5.41, 5.74) is 2.11. The second-order valence-electron chi connectivity index (χ2n) is 4.85. The molecular weight excluding hydrogens is 276 g/mol. The highest BCUT2D eigenvalue weighted by molar-refractivity contribution is 5.80. The van der Waals surface area contributed by atoms with Crippen LogP contribution in [0, 0.1) is 0 Å². The van der Waals surface area contributed by atoms with Gasteiger partial charge in [0.25, 0.3) is 0 Å². The van der Waals surface area contributed by atoms with Crippen LogP contribution in [0.4, 0.5) is 0 Å². The molecule has 0 saturated heterocycles. The van der Waals surface area contributed by atoms with Gasteiger partial charge >= 0.3 is 0 Å². The molecule has 110 valence electrons. The lowest BCUT2D eigenvalue weighted by atomic mass is 10.1. The van der Waals surface area contributed by atoms with Gasteiger partial charge in [-0.15, -0.1) is 0 Å². The first-order chi connectivity index (χ1) is 10.8. The molecule has 2 aromatic carbocycles. The first-order valence-electron chi connectivity index (χ1n) is 7.19. The molecule has 0 aliphatic heterocycles. The molecule has 0 spiro atoms. The molecule has 0 aliphatic carbocycles. The van der Waals surface area contributed by atoms with E-state index in [4.69, 9.17) is 9.15 Å². The molecule has 0 N–H and O–H groups in total. The fraction of sp³-hybridized carbons (Fsp3) is 0.105. The molecule has 0 saturated carbocycles. The van der Waals surface area contributed by atoms with Crippen molar-refractivity contribution in [3.8, 4) is 5.75 Å². The highest BCUT2D eigenvalue weighted by Crippen LogP contribution is 2.15. The molecule has 1 aromatic heterocycles. The Kier molecular flexibility index (Phi) is 4.05. The largest absolute Gasteiger partial charge is 0.494 e. The van der Waals surface area contributed by atoms with Crippen molar-refractivity contribution in [2.24, 2.45) is 0 Å². The van der Waals surface area contributed by atoms with E-state index in [1.165, 1.54) is 6.26 Å². The maximum Gasteiger partial charge on any atom is 0.199 e. The minimum Gasteiger partial charge on any atom is -0.494 e. The van der Waals surface area contributed by atoms with Crippen LogP contribution in [-0.4, -0.2) is 6.61 Å². The van der Waals surface area contributed by atoms with E-state index in [0.717, 1.165) is 11.3 Å². The number of fused-ring (bicyclic) bond motifs is 1. The van der Waals surface area contributed by atoms with Crippen LogP contribution in [0.5, 0.6) is 5.75 Å². The van der Waals surface area contributed by atoms with Crippen molar-refractivity contribution in [1.82, 2.24) is 0 Å². The molecule has 0 fully saturated rings. The van der Waals surface area contributed by atoms with Crippen molar-refractivity contribution in [2.75, 3.05) is 6.61 Å². The molecular formula is C19H16O3. The number of benzene rings is 2. The Labute approximate surface area is 128 Å². The number of ether oxygens (including phenoxy) is 1. The number of rotatable bonds is 4. The van der Waals surface area contributed by atoms with Crippen molar-refractivity contribution in [2.45, 2.75) is 6.92 Å². The van der Waals surface area contributed by atoms with Crippen molar-refractivity contribution in [1.29, 1.82) is 0 Å². The van der Waals surface area contributed by atoms with E-state index in [0.29, 0.717) is 23.1 Å². The average molecular weight is 292 g/mol. The molecule has 0 aliphatic rings. The van der Waals surface area contributed by atoms with Crippen LogP contribution in [0.2, 0.25) is 0 Å². The Morgan fingerprint density at radius 3 is 2.59 bits per heavy atom. The molecule has 3 rings (SSSR count). The Hall–Kier alpha value is -2.81. The Morgan fingerprint density at radius 1 is 1.05 bits per heavy atom. The molecule has 0 atom stereocenters. The monoisotopic (exact) mass is 292 g/mol. The minimum absolute atomic E-state index is 0.0240. The van der Waals surface area contributed by atoms with Crippen LogP contribution in [0.15, 0.2) is 64.0 Å². The molecule has 3 heteroatoms. The Bertz CT molecular complexity index is 858. The van der Waals surface area contributed by atoms with Crippen molar-refractivity contribution in [3.05, 3.63) is 76.1 Å². The summed E-state index contributed by atoms with van der Waals surface area (Å²) in [5, 5.41) is 0.594. The lowest BCUT2D eigenvalue weighted by Crippen LogP contribution is -2.04. The van der Waals surface area contributed by atoms with Gasteiger partial charge < -0.3 is 9.15 Å². The summed E-state index contributed by atoms with van der Waals surface area (Å²) >= 11 is 0. The van der Waals surface area contributed by atoms with Gasteiger partial charge in [0, 0.05) is 0 Å². The van der Waals surface area contributed by atoms with Gasteiger partial charge in [0.15, 0.2) is 5.43 Å². The minimum atomic E-state index is -0.0240. The topological polar surface area (TPSA) is 39.4 Å². The maximum absolute atomic E-state index is 12.4. The Morgan fingerprint density at radius 2 is 1.82 bits per heavy atom. The summed E-state index contributed by atoms with van der Waals surface area (Å²) in [6.45, 7) is 2.60.